The van der Waals surface area contributed by atoms with Gasteiger partial charge in [0.25, 0.3) is 0 Å². The fraction of sp³-hybridized carbons (Fsp3) is 1.00. The molecule has 10 heavy (non-hydrogen) atoms. The van der Waals surface area contributed by atoms with Gasteiger partial charge < -0.3 is 9.47 Å². The molecule has 0 aliphatic rings. The van der Waals surface area contributed by atoms with E-state index in [9.17, 15) is 0 Å². The quantitative estimate of drug-likeness (QED) is 0.315. The van der Waals surface area contributed by atoms with E-state index in [2.05, 4.69) is 22.6 Å². The van der Waals surface area contributed by atoms with Crippen molar-refractivity contribution in [2.24, 2.45) is 0 Å². The highest BCUT2D eigenvalue weighted by Gasteiger charge is 1.97. The first-order valence-corrected chi connectivity index (χ1v) is 5.13. The van der Waals surface area contributed by atoms with Crippen LogP contribution >= 0.6 is 22.6 Å². The topological polar surface area (TPSA) is 18.5 Å². The fourth-order valence-corrected chi connectivity index (χ4v) is 0.898. The molecule has 0 aromatic heterocycles. The van der Waals surface area contributed by atoms with Crippen LogP contribution in [0, 0.1) is 0 Å². The maximum atomic E-state index is 5.30. The lowest BCUT2D eigenvalue weighted by atomic mass is 10.5. The van der Waals surface area contributed by atoms with Gasteiger partial charge in [0.2, 0.25) is 0 Å². The van der Waals surface area contributed by atoms with Crippen molar-refractivity contribution in [2.75, 3.05) is 17.6 Å². The lowest BCUT2D eigenvalue weighted by molar-refractivity contribution is -0.126. The number of halogens is 1. The van der Waals surface area contributed by atoms with Crippen LogP contribution in [0.15, 0.2) is 0 Å². The predicted molar refractivity (Wildman–Crippen MR) is 50.5 cm³/mol. The number of rotatable bonds is 6. The zero-order chi connectivity index (χ0) is 7.82. The van der Waals surface area contributed by atoms with Crippen molar-refractivity contribution < 1.29 is 9.47 Å². The molecule has 0 aromatic rings. The molecule has 0 unspecified atom stereocenters. The molecule has 0 spiro atoms. The van der Waals surface area contributed by atoms with Crippen molar-refractivity contribution in [1.29, 1.82) is 0 Å². The Kier molecular flexibility index (Phi) is 8.26. The van der Waals surface area contributed by atoms with Gasteiger partial charge in [-0.1, -0.05) is 22.6 Å². The summed E-state index contributed by atoms with van der Waals surface area (Å²) in [5.74, 6) is 0. The zero-order valence-electron chi connectivity index (χ0n) is 6.60. The minimum Gasteiger partial charge on any atom is -0.353 e. The van der Waals surface area contributed by atoms with Crippen LogP contribution < -0.4 is 0 Å². The Balaban J connectivity index is 2.97. The minimum absolute atomic E-state index is 0.0343. The molecule has 0 fully saturated rings. The molecule has 1 atom stereocenters. The Morgan fingerprint density at radius 3 is 2.60 bits per heavy atom. The summed E-state index contributed by atoms with van der Waals surface area (Å²) in [6.45, 7) is 5.43. The number of ether oxygens (including phenoxy) is 2. The summed E-state index contributed by atoms with van der Waals surface area (Å²) in [4.78, 5) is 0. The summed E-state index contributed by atoms with van der Waals surface area (Å²) >= 11 is 2.33. The van der Waals surface area contributed by atoms with E-state index in [-0.39, 0.29) is 6.29 Å². The standard InChI is InChI=1S/C7H15IO2/c1-3-9-7(2)10-6-4-5-8/h7H,3-6H2,1-2H3/t7-/m0/s1. The van der Waals surface area contributed by atoms with Gasteiger partial charge in [-0.3, -0.25) is 0 Å². The van der Waals surface area contributed by atoms with E-state index in [4.69, 9.17) is 9.47 Å². The molecule has 0 amide bonds. The molecule has 0 aromatic carbocycles. The van der Waals surface area contributed by atoms with Crippen molar-refractivity contribution in [1.82, 2.24) is 0 Å². The van der Waals surface area contributed by atoms with Crippen molar-refractivity contribution in [3.05, 3.63) is 0 Å². The van der Waals surface area contributed by atoms with Crippen LogP contribution in [-0.4, -0.2) is 23.9 Å². The first-order chi connectivity index (χ1) is 4.81. The van der Waals surface area contributed by atoms with E-state index in [0.29, 0.717) is 0 Å². The van der Waals surface area contributed by atoms with E-state index >= 15 is 0 Å². The number of alkyl halides is 1. The summed E-state index contributed by atoms with van der Waals surface area (Å²) in [5, 5.41) is 0. The highest BCUT2D eigenvalue weighted by atomic mass is 127. The molecule has 0 bridgehead atoms. The van der Waals surface area contributed by atoms with Gasteiger partial charge in [0.15, 0.2) is 6.29 Å². The first-order valence-electron chi connectivity index (χ1n) is 3.60. The maximum absolute atomic E-state index is 5.30. The van der Waals surface area contributed by atoms with E-state index in [1.165, 1.54) is 0 Å². The van der Waals surface area contributed by atoms with Crippen molar-refractivity contribution >= 4 is 22.6 Å². The Bertz CT molecular complexity index is 68.6. The number of hydrogen-bond acceptors (Lipinski definition) is 2. The van der Waals surface area contributed by atoms with Gasteiger partial charge in [-0.05, 0) is 20.3 Å². The second-order valence-corrected chi connectivity index (χ2v) is 3.02. The van der Waals surface area contributed by atoms with E-state index in [1.807, 2.05) is 13.8 Å². The van der Waals surface area contributed by atoms with E-state index in [0.717, 1.165) is 24.1 Å². The molecule has 2 nitrogen and oxygen atoms in total. The zero-order valence-corrected chi connectivity index (χ0v) is 8.76. The summed E-state index contributed by atoms with van der Waals surface area (Å²) in [7, 11) is 0. The second kappa shape index (κ2) is 7.75. The molecule has 0 heterocycles. The summed E-state index contributed by atoms with van der Waals surface area (Å²) in [6.07, 6.45) is 1.07. The highest BCUT2D eigenvalue weighted by Crippen LogP contribution is 1.96. The molecule has 0 saturated heterocycles. The third kappa shape index (κ3) is 6.77. The Morgan fingerprint density at radius 2 is 2.10 bits per heavy atom. The van der Waals surface area contributed by atoms with Crippen molar-refractivity contribution in [3.63, 3.8) is 0 Å². The average Bonchev–Trinajstić information content (AvgIpc) is 1.89. The van der Waals surface area contributed by atoms with Crippen molar-refractivity contribution in [3.8, 4) is 0 Å². The van der Waals surface area contributed by atoms with Gasteiger partial charge in [-0.25, -0.2) is 0 Å². The summed E-state index contributed by atoms with van der Waals surface area (Å²) < 4.78 is 11.6. The molecule has 0 radical (unpaired) electrons. The molecule has 0 rings (SSSR count). The minimum atomic E-state index is -0.0343. The van der Waals surface area contributed by atoms with Crippen LogP contribution in [0.5, 0.6) is 0 Å². The lowest BCUT2D eigenvalue weighted by Gasteiger charge is -2.11. The lowest BCUT2D eigenvalue weighted by Crippen LogP contribution is -2.13. The predicted octanol–water partition coefficient (Wildman–Crippen LogP) is 2.21. The summed E-state index contributed by atoms with van der Waals surface area (Å²) in [5.41, 5.74) is 0. The molecular formula is C7H15IO2. The molecule has 0 aliphatic heterocycles. The highest BCUT2D eigenvalue weighted by molar-refractivity contribution is 14.1. The van der Waals surface area contributed by atoms with Crippen LogP contribution in [-0.2, 0) is 9.47 Å². The molecule has 3 heteroatoms. The fourth-order valence-electron chi connectivity index (χ4n) is 0.587. The third-order valence-corrected chi connectivity index (χ3v) is 1.79. The molecular weight excluding hydrogens is 243 g/mol. The van der Waals surface area contributed by atoms with Gasteiger partial charge in [-0.15, -0.1) is 0 Å². The SMILES string of the molecule is CCO[C@H](C)OCCCI. The van der Waals surface area contributed by atoms with E-state index in [1.54, 1.807) is 0 Å². The van der Waals surface area contributed by atoms with Gasteiger partial charge in [0, 0.05) is 11.0 Å². The first kappa shape index (κ1) is 10.7. The maximum Gasteiger partial charge on any atom is 0.154 e. The van der Waals surface area contributed by atoms with Crippen LogP contribution in [0.3, 0.4) is 0 Å². The molecule has 0 aliphatic carbocycles. The Hall–Kier alpha value is 0.650. The van der Waals surface area contributed by atoms with E-state index < -0.39 is 0 Å². The van der Waals surface area contributed by atoms with Crippen LogP contribution in [0.2, 0.25) is 0 Å². The smallest absolute Gasteiger partial charge is 0.154 e. The monoisotopic (exact) mass is 258 g/mol. The van der Waals surface area contributed by atoms with Crippen LogP contribution in [0.25, 0.3) is 0 Å². The second-order valence-electron chi connectivity index (χ2n) is 1.94. The van der Waals surface area contributed by atoms with Gasteiger partial charge in [0.05, 0.1) is 6.61 Å². The Labute approximate surface area is 76.4 Å². The van der Waals surface area contributed by atoms with Crippen molar-refractivity contribution in [2.45, 2.75) is 26.6 Å². The third-order valence-electron chi connectivity index (χ3n) is 1.03. The van der Waals surface area contributed by atoms with Gasteiger partial charge >= 0.3 is 0 Å². The van der Waals surface area contributed by atoms with Crippen LogP contribution in [0.1, 0.15) is 20.3 Å². The van der Waals surface area contributed by atoms with Gasteiger partial charge in [0.1, 0.15) is 0 Å². The van der Waals surface area contributed by atoms with Gasteiger partial charge in [-0.2, -0.15) is 0 Å². The molecule has 0 saturated carbocycles. The summed E-state index contributed by atoms with van der Waals surface area (Å²) in [6, 6.07) is 0. The Morgan fingerprint density at radius 1 is 1.40 bits per heavy atom. The average molecular weight is 258 g/mol. The molecule has 0 N–H and O–H groups in total. The largest absolute Gasteiger partial charge is 0.353 e. The normalized spacial score (nSPS) is 13.5. The molecule has 62 valence electrons. The number of hydrogen-bond donors (Lipinski definition) is 0. The van der Waals surface area contributed by atoms with Crippen LogP contribution in [0.4, 0.5) is 0 Å².